The van der Waals surface area contributed by atoms with Crippen molar-refractivity contribution in [2.24, 2.45) is 0 Å². The van der Waals surface area contributed by atoms with Gasteiger partial charge in [-0.05, 0) is 24.3 Å². The number of hydrogen-bond donors (Lipinski definition) is 0. The third-order valence-corrected chi connectivity index (χ3v) is 5.25. The fourth-order valence-corrected chi connectivity index (χ4v) is 3.61. The summed E-state index contributed by atoms with van der Waals surface area (Å²) in [6, 6.07) is 12.9. The zero-order valence-electron chi connectivity index (χ0n) is 18.6. The lowest BCUT2D eigenvalue weighted by Gasteiger charge is -2.12. The number of nitrogens with zero attached hydrogens (tertiary/aromatic N) is 6. The second kappa shape index (κ2) is 8.70. The first-order chi connectivity index (χ1) is 16.6. The lowest BCUT2D eigenvalue weighted by Crippen LogP contribution is -2.21. The first kappa shape index (κ1) is 21.2. The van der Waals surface area contributed by atoms with Gasteiger partial charge in [-0.15, -0.1) is 0 Å². The van der Waals surface area contributed by atoms with Crippen LogP contribution in [0.2, 0.25) is 0 Å². The molecule has 0 saturated heterocycles. The Labute approximate surface area is 193 Å². The van der Waals surface area contributed by atoms with Gasteiger partial charge in [0.1, 0.15) is 18.3 Å². The van der Waals surface area contributed by atoms with E-state index < -0.39 is 0 Å². The van der Waals surface area contributed by atoms with Crippen LogP contribution < -0.4 is 19.8 Å². The van der Waals surface area contributed by atoms with Crippen molar-refractivity contribution in [3.8, 4) is 34.3 Å². The Morgan fingerprint density at radius 3 is 2.41 bits per heavy atom. The van der Waals surface area contributed by atoms with Gasteiger partial charge >= 0.3 is 0 Å². The van der Waals surface area contributed by atoms with Crippen LogP contribution in [-0.4, -0.2) is 50.8 Å². The van der Waals surface area contributed by atoms with Gasteiger partial charge in [-0.1, -0.05) is 23.4 Å². The number of methoxy groups -OCH3 is 3. The van der Waals surface area contributed by atoms with Gasteiger partial charge in [-0.25, -0.2) is 9.67 Å². The lowest BCUT2D eigenvalue weighted by atomic mass is 10.1. The van der Waals surface area contributed by atoms with E-state index in [2.05, 4.69) is 20.2 Å². The highest BCUT2D eigenvalue weighted by molar-refractivity contribution is 5.75. The fourth-order valence-electron chi connectivity index (χ4n) is 3.61. The smallest absolute Gasteiger partial charge is 0.264 e. The molecule has 0 aliphatic carbocycles. The lowest BCUT2D eigenvalue weighted by molar-refractivity contribution is 0.324. The predicted octanol–water partition coefficient (Wildman–Crippen LogP) is 2.71. The van der Waals surface area contributed by atoms with Crippen LogP contribution in [0, 0.1) is 0 Å². The summed E-state index contributed by atoms with van der Waals surface area (Å²) in [6.45, 7) is 0.0513. The van der Waals surface area contributed by atoms with Crippen LogP contribution in [0.5, 0.6) is 17.2 Å². The maximum atomic E-state index is 13.0. The molecule has 0 N–H and O–H groups in total. The molecule has 0 atom stereocenters. The van der Waals surface area contributed by atoms with E-state index in [-0.39, 0.29) is 18.0 Å². The summed E-state index contributed by atoms with van der Waals surface area (Å²) in [4.78, 5) is 21.9. The molecule has 172 valence electrons. The Balaban J connectivity index is 1.46. The molecule has 0 aliphatic heterocycles. The van der Waals surface area contributed by atoms with E-state index in [1.807, 2.05) is 30.3 Å². The van der Waals surface area contributed by atoms with Gasteiger partial charge in [0, 0.05) is 5.56 Å². The molecular weight excluding hydrogens is 440 g/mol. The van der Waals surface area contributed by atoms with Crippen molar-refractivity contribution in [1.82, 2.24) is 29.5 Å². The van der Waals surface area contributed by atoms with Gasteiger partial charge < -0.3 is 18.7 Å². The minimum Gasteiger partial charge on any atom is -0.493 e. The van der Waals surface area contributed by atoms with Crippen LogP contribution in [0.4, 0.5) is 0 Å². The number of aromatic nitrogens is 6. The topological polar surface area (TPSA) is 119 Å². The molecule has 3 heterocycles. The maximum Gasteiger partial charge on any atom is 0.264 e. The van der Waals surface area contributed by atoms with Gasteiger partial charge in [0.15, 0.2) is 17.1 Å². The highest BCUT2D eigenvalue weighted by atomic mass is 16.5. The number of benzene rings is 2. The predicted molar refractivity (Wildman–Crippen MR) is 122 cm³/mol. The van der Waals surface area contributed by atoms with Crippen LogP contribution in [0.1, 0.15) is 5.89 Å². The highest BCUT2D eigenvalue weighted by Gasteiger charge is 2.18. The molecule has 0 amide bonds. The van der Waals surface area contributed by atoms with Crippen LogP contribution in [0.15, 0.2) is 64.3 Å². The van der Waals surface area contributed by atoms with Crippen molar-refractivity contribution in [2.45, 2.75) is 6.54 Å². The first-order valence-corrected chi connectivity index (χ1v) is 10.2. The standard InChI is InChI=1S/C23H20N6O5/c1-31-17-9-14(10-18(32-2)20(17)33-3)21-26-19(34-27-21)12-28-13-24-22-16(23(28)30)11-25-29(22)15-7-5-4-6-8-15/h4-11,13H,12H2,1-3H3. The van der Waals surface area contributed by atoms with Crippen molar-refractivity contribution in [1.29, 1.82) is 0 Å². The summed E-state index contributed by atoms with van der Waals surface area (Å²) in [7, 11) is 4.58. The molecule has 0 bridgehead atoms. The van der Waals surface area contributed by atoms with E-state index in [9.17, 15) is 4.79 Å². The van der Waals surface area contributed by atoms with Crippen molar-refractivity contribution >= 4 is 11.0 Å². The number of para-hydroxylation sites is 1. The molecule has 11 heteroatoms. The minimum atomic E-state index is -0.264. The molecule has 0 spiro atoms. The van der Waals surface area contributed by atoms with Crippen LogP contribution in [-0.2, 0) is 6.54 Å². The Hall–Kier alpha value is -4.67. The first-order valence-electron chi connectivity index (χ1n) is 10.2. The van der Waals surface area contributed by atoms with Gasteiger partial charge in [-0.2, -0.15) is 10.1 Å². The summed E-state index contributed by atoms with van der Waals surface area (Å²) >= 11 is 0. The summed E-state index contributed by atoms with van der Waals surface area (Å²) in [5.74, 6) is 1.93. The van der Waals surface area contributed by atoms with Crippen molar-refractivity contribution in [2.75, 3.05) is 21.3 Å². The number of rotatable bonds is 7. The third-order valence-electron chi connectivity index (χ3n) is 5.25. The highest BCUT2D eigenvalue weighted by Crippen LogP contribution is 2.40. The van der Waals surface area contributed by atoms with Crippen molar-refractivity contribution < 1.29 is 18.7 Å². The molecule has 0 fully saturated rings. The third kappa shape index (κ3) is 3.62. The van der Waals surface area contributed by atoms with Gasteiger partial charge in [0.2, 0.25) is 17.5 Å². The van der Waals surface area contributed by atoms with Crippen molar-refractivity contribution in [3.63, 3.8) is 0 Å². The Bertz CT molecular complexity index is 1500. The molecular formula is C23H20N6O5. The fraction of sp³-hybridized carbons (Fsp3) is 0.174. The summed E-state index contributed by atoms with van der Waals surface area (Å²) in [5, 5.41) is 8.74. The molecule has 11 nitrogen and oxygen atoms in total. The molecule has 0 saturated carbocycles. The van der Waals surface area contributed by atoms with Crippen LogP contribution >= 0.6 is 0 Å². The van der Waals surface area contributed by atoms with E-state index in [0.717, 1.165) is 5.69 Å². The van der Waals surface area contributed by atoms with E-state index in [1.54, 1.807) is 16.8 Å². The average molecular weight is 460 g/mol. The molecule has 0 unspecified atom stereocenters. The zero-order valence-corrected chi connectivity index (χ0v) is 18.6. The maximum absolute atomic E-state index is 13.0. The average Bonchev–Trinajstić information content (AvgIpc) is 3.53. The number of fused-ring (bicyclic) bond motifs is 1. The monoisotopic (exact) mass is 460 g/mol. The molecule has 5 rings (SSSR count). The summed E-state index contributed by atoms with van der Waals surface area (Å²) < 4.78 is 24.5. The molecule has 0 aliphatic rings. The second-order valence-corrected chi connectivity index (χ2v) is 7.23. The van der Waals surface area contributed by atoms with Gasteiger partial charge in [-0.3, -0.25) is 9.36 Å². The summed E-state index contributed by atoms with van der Waals surface area (Å²) in [6.07, 6.45) is 2.94. The number of hydrogen-bond acceptors (Lipinski definition) is 9. The molecule has 3 aromatic heterocycles. The van der Waals surface area contributed by atoms with Gasteiger partial charge in [0.05, 0.1) is 33.2 Å². The second-order valence-electron chi connectivity index (χ2n) is 7.23. The van der Waals surface area contributed by atoms with E-state index in [0.29, 0.717) is 39.7 Å². The largest absolute Gasteiger partial charge is 0.493 e. The molecule has 0 radical (unpaired) electrons. The van der Waals surface area contributed by atoms with Gasteiger partial charge in [0.25, 0.3) is 5.56 Å². The Morgan fingerprint density at radius 2 is 1.74 bits per heavy atom. The van der Waals surface area contributed by atoms with Crippen LogP contribution in [0.25, 0.3) is 28.1 Å². The van der Waals surface area contributed by atoms with Crippen LogP contribution in [0.3, 0.4) is 0 Å². The molecule has 5 aromatic rings. The summed E-state index contributed by atoms with van der Waals surface area (Å²) in [5.41, 5.74) is 1.62. The number of ether oxygens (including phenoxy) is 3. The normalized spacial score (nSPS) is 11.0. The zero-order chi connectivity index (χ0) is 23.7. The molecule has 34 heavy (non-hydrogen) atoms. The van der Waals surface area contributed by atoms with E-state index >= 15 is 0 Å². The SMILES string of the molecule is COc1cc(-c2noc(Cn3cnc4c(cnn4-c4ccccc4)c3=O)n2)cc(OC)c1OC. The quantitative estimate of drug-likeness (QED) is 0.361. The van der Waals surface area contributed by atoms with Crippen molar-refractivity contribution in [3.05, 3.63) is 71.2 Å². The van der Waals surface area contributed by atoms with E-state index in [4.69, 9.17) is 18.7 Å². The molecule has 2 aromatic carbocycles. The Morgan fingerprint density at radius 1 is 1.00 bits per heavy atom. The minimum absolute atomic E-state index is 0.0513. The van der Waals surface area contributed by atoms with E-state index in [1.165, 1.54) is 38.4 Å². The Kier molecular flexibility index (Phi) is 5.42.